The summed E-state index contributed by atoms with van der Waals surface area (Å²) in [6.07, 6.45) is 3.23. The quantitative estimate of drug-likeness (QED) is 0.237. The van der Waals surface area contributed by atoms with Crippen LogP contribution >= 0.6 is 11.6 Å². The summed E-state index contributed by atoms with van der Waals surface area (Å²) in [7, 11) is 0. The van der Waals surface area contributed by atoms with Gasteiger partial charge in [0.2, 0.25) is 0 Å². The summed E-state index contributed by atoms with van der Waals surface area (Å²) >= 11 is 5.83. The predicted molar refractivity (Wildman–Crippen MR) is 89.6 cm³/mol. The number of hydrogen-bond acceptors (Lipinski definition) is 4. The Morgan fingerprint density at radius 1 is 1.14 bits per heavy atom. The molecule has 22 heavy (non-hydrogen) atoms. The van der Waals surface area contributed by atoms with E-state index < -0.39 is 5.97 Å². The predicted octanol–water partition coefficient (Wildman–Crippen LogP) is 4.25. The van der Waals surface area contributed by atoms with E-state index in [1.54, 1.807) is 30.3 Å². The van der Waals surface area contributed by atoms with Gasteiger partial charge in [0.05, 0.1) is 12.1 Å². The van der Waals surface area contributed by atoms with Crippen LogP contribution in [0.3, 0.4) is 0 Å². The first-order chi connectivity index (χ1) is 10.6. The van der Waals surface area contributed by atoms with Gasteiger partial charge < -0.3 is 9.47 Å². The van der Waals surface area contributed by atoms with Crippen molar-refractivity contribution in [2.24, 2.45) is 4.99 Å². The Morgan fingerprint density at radius 3 is 2.32 bits per heavy atom. The van der Waals surface area contributed by atoms with Crippen molar-refractivity contribution in [2.45, 2.75) is 6.42 Å². The van der Waals surface area contributed by atoms with Gasteiger partial charge in [-0.15, -0.1) is 0 Å². The maximum absolute atomic E-state index is 11.7. The maximum Gasteiger partial charge on any atom is 0.334 e. The van der Waals surface area contributed by atoms with Crippen molar-refractivity contribution in [3.8, 4) is 0 Å². The average Bonchev–Trinajstić information content (AvgIpc) is 2.52. The minimum atomic E-state index is -0.508. The minimum Gasteiger partial charge on any atom is -0.476 e. The summed E-state index contributed by atoms with van der Waals surface area (Å²) in [6.45, 7) is 11.2. The third-order valence-electron chi connectivity index (χ3n) is 2.43. The molecule has 0 saturated carbocycles. The zero-order valence-electron chi connectivity index (χ0n) is 12.3. The highest BCUT2D eigenvalue weighted by molar-refractivity contribution is 6.30. The number of nitrogens with zero attached hydrogens (tertiary/aromatic N) is 1. The first-order valence-corrected chi connectivity index (χ1v) is 6.97. The largest absolute Gasteiger partial charge is 0.476 e. The second kappa shape index (κ2) is 9.58. The molecule has 0 N–H and O–H groups in total. The fourth-order valence-corrected chi connectivity index (χ4v) is 1.55. The number of rotatable bonds is 8. The Morgan fingerprint density at radius 2 is 1.73 bits per heavy atom. The molecule has 0 atom stereocenters. The van der Waals surface area contributed by atoms with Gasteiger partial charge in [-0.3, -0.25) is 0 Å². The fraction of sp³-hybridized carbons (Fsp3) is 0.176. The van der Waals surface area contributed by atoms with E-state index in [4.69, 9.17) is 21.1 Å². The molecule has 0 aliphatic heterocycles. The summed E-state index contributed by atoms with van der Waals surface area (Å²) in [4.78, 5) is 16.0. The SMILES string of the molecule is C=CCOC(=O)C(=C)CC(=Nc1ccc(Cl)cc1)OCC=C. The van der Waals surface area contributed by atoms with Crippen molar-refractivity contribution in [3.63, 3.8) is 0 Å². The lowest BCUT2D eigenvalue weighted by atomic mass is 10.2. The molecule has 0 aliphatic carbocycles. The molecule has 0 heterocycles. The van der Waals surface area contributed by atoms with Crippen molar-refractivity contribution in [3.05, 3.63) is 66.8 Å². The number of carbonyl (C=O) groups excluding carboxylic acids is 1. The second-order valence-electron chi connectivity index (χ2n) is 4.25. The summed E-state index contributed by atoms with van der Waals surface area (Å²) in [5.74, 6) is -0.159. The highest BCUT2D eigenvalue weighted by Gasteiger charge is 2.12. The Bertz CT molecular complexity index is 576. The Hall–Kier alpha value is -2.33. The van der Waals surface area contributed by atoms with Crippen LogP contribution in [0.5, 0.6) is 0 Å². The first kappa shape index (κ1) is 17.7. The monoisotopic (exact) mass is 319 g/mol. The highest BCUT2D eigenvalue weighted by Crippen LogP contribution is 2.18. The van der Waals surface area contributed by atoms with E-state index in [0.29, 0.717) is 16.6 Å². The van der Waals surface area contributed by atoms with Crippen LogP contribution in [0.25, 0.3) is 0 Å². The van der Waals surface area contributed by atoms with Crippen molar-refractivity contribution in [1.82, 2.24) is 0 Å². The van der Waals surface area contributed by atoms with Crippen LogP contribution in [-0.4, -0.2) is 25.1 Å². The molecule has 4 nitrogen and oxygen atoms in total. The van der Waals surface area contributed by atoms with Crippen LogP contribution in [0.1, 0.15) is 6.42 Å². The smallest absolute Gasteiger partial charge is 0.334 e. The molecular formula is C17H18ClNO3. The molecule has 0 bridgehead atoms. The molecule has 0 radical (unpaired) electrons. The zero-order valence-corrected chi connectivity index (χ0v) is 13.0. The zero-order chi connectivity index (χ0) is 16.4. The van der Waals surface area contributed by atoms with Crippen LogP contribution in [-0.2, 0) is 14.3 Å². The molecule has 5 heteroatoms. The summed E-state index contributed by atoms with van der Waals surface area (Å²) in [5, 5.41) is 0.616. The molecule has 0 aliphatic rings. The van der Waals surface area contributed by atoms with E-state index in [2.05, 4.69) is 24.7 Å². The summed E-state index contributed by atoms with van der Waals surface area (Å²) < 4.78 is 10.4. The number of aliphatic imine (C=N–C) groups is 1. The van der Waals surface area contributed by atoms with Gasteiger partial charge >= 0.3 is 5.97 Å². The Labute approximate surface area is 135 Å². The molecule has 1 rings (SSSR count). The van der Waals surface area contributed by atoms with Gasteiger partial charge in [0.15, 0.2) is 5.90 Å². The molecule has 0 spiro atoms. The van der Waals surface area contributed by atoms with Crippen LogP contribution < -0.4 is 0 Å². The second-order valence-corrected chi connectivity index (χ2v) is 4.69. The minimum absolute atomic E-state index is 0.134. The van der Waals surface area contributed by atoms with E-state index in [-0.39, 0.29) is 25.2 Å². The molecule has 0 unspecified atom stereocenters. The topological polar surface area (TPSA) is 47.9 Å². The van der Waals surface area contributed by atoms with E-state index in [1.165, 1.54) is 6.08 Å². The molecule has 1 aromatic rings. The van der Waals surface area contributed by atoms with E-state index >= 15 is 0 Å². The van der Waals surface area contributed by atoms with Crippen LogP contribution in [0.4, 0.5) is 5.69 Å². The van der Waals surface area contributed by atoms with Crippen molar-refractivity contribution in [1.29, 1.82) is 0 Å². The third kappa shape index (κ3) is 6.41. The van der Waals surface area contributed by atoms with Crippen LogP contribution in [0, 0.1) is 0 Å². The summed E-state index contributed by atoms with van der Waals surface area (Å²) in [5.41, 5.74) is 0.911. The number of carbonyl (C=O) groups is 1. The molecule has 0 amide bonds. The lowest BCUT2D eigenvalue weighted by molar-refractivity contribution is -0.137. The molecular weight excluding hydrogens is 302 g/mol. The van der Waals surface area contributed by atoms with Gasteiger partial charge in [-0.2, -0.15) is 0 Å². The third-order valence-corrected chi connectivity index (χ3v) is 2.69. The first-order valence-electron chi connectivity index (χ1n) is 6.59. The fourth-order valence-electron chi connectivity index (χ4n) is 1.43. The maximum atomic E-state index is 11.7. The number of benzene rings is 1. The molecule has 0 aromatic heterocycles. The summed E-state index contributed by atoms with van der Waals surface area (Å²) in [6, 6.07) is 6.94. The lowest BCUT2D eigenvalue weighted by Crippen LogP contribution is -2.13. The lowest BCUT2D eigenvalue weighted by Gasteiger charge is -2.09. The van der Waals surface area contributed by atoms with E-state index in [1.807, 2.05) is 0 Å². The van der Waals surface area contributed by atoms with Crippen molar-refractivity contribution in [2.75, 3.05) is 13.2 Å². The molecule has 0 saturated heterocycles. The van der Waals surface area contributed by atoms with E-state index in [9.17, 15) is 4.79 Å². The van der Waals surface area contributed by atoms with E-state index in [0.717, 1.165) is 0 Å². The number of esters is 1. The van der Waals surface area contributed by atoms with Gasteiger partial charge in [0.25, 0.3) is 0 Å². The number of ether oxygens (including phenoxy) is 2. The van der Waals surface area contributed by atoms with Gasteiger partial charge in [-0.25, -0.2) is 9.79 Å². The van der Waals surface area contributed by atoms with Crippen LogP contribution in [0.15, 0.2) is 66.7 Å². The Kier molecular flexibility index (Phi) is 7.72. The standard InChI is InChI=1S/C17H18ClNO3/c1-4-10-21-16(12-13(3)17(20)22-11-5-2)19-15-8-6-14(18)7-9-15/h4-9H,1-3,10-12H2. The van der Waals surface area contributed by atoms with Gasteiger partial charge in [-0.1, -0.05) is 43.5 Å². The van der Waals surface area contributed by atoms with Gasteiger partial charge in [-0.05, 0) is 24.3 Å². The average molecular weight is 320 g/mol. The molecule has 1 aromatic carbocycles. The Balaban J connectivity index is 2.81. The van der Waals surface area contributed by atoms with Gasteiger partial charge in [0.1, 0.15) is 13.2 Å². The van der Waals surface area contributed by atoms with Crippen molar-refractivity contribution < 1.29 is 14.3 Å². The van der Waals surface area contributed by atoms with Crippen LogP contribution in [0.2, 0.25) is 5.02 Å². The molecule has 116 valence electrons. The van der Waals surface area contributed by atoms with Crippen molar-refractivity contribution >= 4 is 29.2 Å². The number of hydrogen-bond donors (Lipinski definition) is 0. The van der Waals surface area contributed by atoms with Gasteiger partial charge in [0, 0.05) is 10.6 Å². The highest BCUT2D eigenvalue weighted by atomic mass is 35.5. The number of halogens is 1. The molecule has 0 fully saturated rings. The normalized spacial score (nSPS) is 10.7.